The summed E-state index contributed by atoms with van der Waals surface area (Å²) in [6.07, 6.45) is 4.61. The van der Waals surface area contributed by atoms with E-state index in [0.717, 1.165) is 32.1 Å². The number of ether oxygens (including phenoxy) is 1. The molecule has 1 unspecified atom stereocenters. The molecule has 5 heteroatoms. The highest BCUT2D eigenvalue weighted by Crippen LogP contribution is 2.58. The van der Waals surface area contributed by atoms with Crippen LogP contribution in [0.3, 0.4) is 0 Å². The van der Waals surface area contributed by atoms with E-state index in [-0.39, 0.29) is 23.9 Å². The maximum atomic E-state index is 11.0. The van der Waals surface area contributed by atoms with Crippen LogP contribution in [-0.4, -0.2) is 39.5 Å². The number of nitrogens with zero attached hydrogens (tertiary/aromatic N) is 3. The molecule has 0 aromatic rings. The number of aliphatic hydroxyl groups is 1. The molecule has 152 valence electrons. The van der Waals surface area contributed by atoms with Crippen LogP contribution in [0, 0.1) is 37.5 Å². The number of hydrogen-bond acceptors (Lipinski definition) is 2. The van der Waals surface area contributed by atoms with Crippen LogP contribution in [0.2, 0.25) is 0 Å². The fourth-order valence-corrected chi connectivity index (χ4v) is 6.25. The summed E-state index contributed by atoms with van der Waals surface area (Å²) in [5.41, 5.74) is -2.46. The highest BCUT2D eigenvalue weighted by Gasteiger charge is 2.66. The van der Waals surface area contributed by atoms with Crippen LogP contribution in [0.4, 0.5) is 0 Å². The average molecular weight is 384 g/mol. The first kappa shape index (κ1) is 21.1. The Balaban J connectivity index is 1.99. The maximum Gasteiger partial charge on any atom is 0.255 e. The van der Waals surface area contributed by atoms with Gasteiger partial charge in [-0.25, -0.2) is 19.7 Å². The molecule has 1 saturated heterocycles. The van der Waals surface area contributed by atoms with Gasteiger partial charge in [0.1, 0.15) is 11.7 Å². The third-order valence-electron chi connectivity index (χ3n) is 8.22. The summed E-state index contributed by atoms with van der Waals surface area (Å²) in [6, 6.07) is -0.508. The van der Waals surface area contributed by atoms with E-state index in [1.54, 1.807) is 6.92 Å². The monoisotopic (exact) mass is 383 g/mol. The molecule has 0 amide bonds. The summed E-state index contributed by atoms with van der Waals surface area (Å²) in [5, 5.41) is 11.0. The van der Waals surface area contributed by atoms with E-state index in [0.29, 0.717) is 6.42 Å². The Bertz CT molecular complexity index is 755. The lowest BCUT2D eigenvalue weighted by atomic mass is 9.51. The smallest absolute Gasteiger partial charge is 0.255 e. The van der Waals surface area contributed by atoms with E-state index in [1.165, 1.54) is 0 Å². The summed E-state index contributed by atoms with van der Waals surface area (Å²) >= 11 is 0. The zero-order valence-electron chi connectivity index (χ0n) is 17.8. The van der Waals surface area contributed by atoms with Gasteiger partial charge >= 0.3 is 0 Å². The van der Waals surface area contributed by atoms with E-state index in [1.807, 2.05) is 20.8 Å². The Labute approximate surface area is 169 Å². The number of fused-ring (bicyclic) bond motifs is 1. The lowest BCUT2D eigenvalue weighted by Gasteiger charge is -2.53. The third kappa shape index (κ3) is 3.12. The quantitative estimate of drug-likeness (QED) is 0.698. The van der Waals surface area contributed by atoms with Gasteiger partial charge in [-0.05, 0) is 51.9 Å². The molecule has 28 heavy (non-hydrogen) atoms. The van der Waals surface area contributed by atoms with Crippen molar-refractivity contribution in [2.75, 3.05) is 0 Å². The van der Waals surface area contributed by atoms with Gasteiger partial charge < -0.3 is 24.4 Å². The molecular formula is C23H33N3O2. The fourth-order valence-electron chi connectivity index (χ4n) is 6.25. The summed E-state index contributed by atoms with van der Waals surface area (Å²) < 4.78 is 6.58. The minimum absolute atomic E-state index is 0.0473. The highest BCUT2D eigenvalue weighted by molar-refractivity contribution is 5.19. The van der Waals surface area contributed by atoms with Crippen LogP contribution < -0.4 is 0 Å². The molecule has 3 rings (SSSR count). The first-order valence-corrected chi connectivity index (χ1v) is 10.5. The van der Waals surface area contributed by atoms with Crippen LogP contribution in [0.25, 0.3) is 14.5 Å². The molecular weight excluding hydrogens is 350 g/mol. The van der Waals surface area contributed by atoms with Gasteiger partial charge in [-0.2, -0.15) is 0 Å². The predicted molar refractivity (Wildman–Crippen MR) is 108 cm³/mol. The van der Waals surface area contributed by atoms with Crippen LogP contribution >= 0.6 is 0 Å². The minimum atomic E-state index is -1.02. The Hall–Kier alpha value is -1.61. The molecule has 8 atom stereocenters. The zero-order chi connectivity index (χ0) is 21.0. The Morgan fingerprint density at radius 2 is 1.61 bits per heavy atom. The van der Waals surface area contributed by atoms with Gasteiger partial charge in [-0.1, -0.05) is 0 Å². The van der Waals surface area contributed by atoms with Gasteiger partial charge in [0.25, 0.3) is 11.6 Å². The van der Waals surface area contributed by atoms with Gasteiger partial charge in [0.15, 0.2) is 0 Å². The molecule has 1 heterocycles. The van der Waals surface area contributed by atoms with Crippen LogP contribution in [0.1, 0.15) is 73.1 Å². The molecule has 0 aromatic carbocycles. The molecule has 3 aliphatic rings. The molecule has 0 radical (unpaired) electrons. The molecule has 3 fully saturated rings. The lowest BCUT2D eigenvalue weighted by molar-refractivity contribution is -0.147. The van der Waals surface area contributed by atoms with E-state index in [4.69, 9.17) is 24.5 Å². The van der Waals surface area contributed by atoms with Gasteiger partial charge in [0.2, 0.25) is 5.54 Å². The molecule has 2 aliphatic carbocycles. The van der Waals surface area contributed by atoms with Crippen molar-refractivity contribution in [3.05, 3.63) is 34.3 Å². The zero-order valence-corrected chi connectivity index (χ0v) is 17.8. The van der Waals surface area contributed by atoms with Crippen LogP contribution in [-0.2, 0) is 4.74 Å². The Morgan fingerprint density at radius 3 is 2.18 bits per heavy atom. The van der Waals surface area contributed by atoms with Crippen molar-refractivity contribution in [2.24, 2.45) is 17.8 Å². The average Bonchev–Trinajstić information content (AvgIpc) is 3.05. The lowest BCUT2D eigenvalue weighted by Crippen LogP contribution is -2.61. The van der Waals surface area contributed by atoms with Gasteiger partial charge in [0.05, 0.1) is 11.5 Å². The van der Waals surface area contributed by atoms with Crippen LogP contribution in [0.5, 0.6) is 0 Å². The second kappa shape index (κ2) is 6.73. The molecule has 5 nitrogen and oxygen atoms in total. The predicted octanol–water partition coefficient (Wildman–Crippen LogP) is 4.78. The van der Waals surface area contributed by atoms with Gasteiger partial charge in [-0.3, -0.25) is 0 Å². The van der Waals surface area contributed by atoms with Crippen molar-refractivity contribution in [2.45, 2.75) is 108 Å². The van der Waals surface area contributed by atoms with Crippen molar-refractivity contribution in [1.82, 2.24) is 0 Å². The topological polar surface area (TPSA) is 42.5 Å². The van der Waals surface area contributed by atoms with Crippen molar-refractivity contribution in [1.29, 1.82) is 0 Å². The summed E-state index contributed by atoms with van der Waals surface area (Å²) in [4.78, 5) is 11.7. The molecule has 1 aliphatic heterocycles. The maximum absolute atomic E-state index is 11.0. The first-order chi connectivity index (χ1) is 12.9. The van der Waals surface area contributed by atoms with Gasteiger partial charge in [0, 0.05) is 33.1 Å². The molecule has 0 spiro atoms. The normalized spacial score (nSPS) is 48.8. The standard InChI is InChI=1S/C23H33N3O2/c1-20(2,25-7)17-11-14-23(5,28-17)16-9-12-21(3,26-8)15-10-13-22(4,27)19(24-6)18(15)16/h15-19,27H,9-14H2,1-5H3/t15-,16?,17-,18-,19+,21-,22+,23+/m0/s1. The number of hydrogen-bond donors (Lipinski definition) is 1. The second-order valence-corrected chi connectivity index (χ2v) is 10.5. The van der Waals surface area contributed by atoms with E-state index in [9.17, 15) is 5.11 Å². The molecule has 0 aromatic heterocycles. The molecule has 1 N–H and O–H groups in total. The van der Waals surface area contributed by atoms with E-state index in [2.05, 4.69) is 21.5 Å². The van der Waals surface area contributed by atoms with Crippen molar-refractivity contribution >= 4 is 0 Å². The summed E-state index contributed by atoms with van der Waals surface area (Å²) in [5.74, 6) is 0.190. The minimum Gasteiger partial charge on any atom is -0.382 e. The fraction of sp³-hybridized carbons (Fsp3) is 0.870. The largest absolute Gasteiger partial charge is 0.382 e. The van der Waals surface area contributed by atoms with Crippen LogP contribution in [0.15, 0.2) is 0 Å². The van der Waals surface area contributed by atoms with E-state index >= 15 is 0 Å². The SMILES string of the molecule is [C-]#[N+][C@@H]1[C@@H]2C([C@@]3(C)CC[C@@H](C(C)(C)[N+]#[C-])O3)CC[C@](C)([N+]#[C-])[C@H]2CC[C@@]1(C)O. The number of rotatable bonds is 2. The van der Waals surface area contributed by atoms with Gasteiger partial charge in [-0.15, -0.1) is 0 Å². The molecule has 2 saturated carbocycles. The summed E-state index contributed by atoms with van der Waals surface area (Å²) in [7, 11) is 0. The van der Waals surface area contributed by atoms with Crippen molar-refractivity contribution in [3.8, 4) is 0 Å². The Kier molecular flexibility index (Phi) is 5.07. The first-order valence-electron chi connectivity index (χ1n) is 10.5. The highest BCUT2D eigenvalue weighted by atomic mass is 16.5. The Morgan fingerprint density at radius 1 is 0.964 bits per heavy atom. The summed E-state index contributed by atoms with van der Waals surface area (Å²) in [6.45, 7) is 33.0. The van der Waals surface area contributed by atoms with Crippen molar-refractivity contribution in [3.63, 3.8) is 0 Å². The third-order valence-corrected chi connectivity index (χ3v) is 8.22. The molecule has 0 bridgehead atoms. The van der Waals surface area contributed by atoms with E-state index < -0.39 is 28.3 Å². The van der Waals surface area contributed by atoms with Crippen molar-refractivity contribution < 1.29 is 9.84 Å². The second-order valence-electron chi connectivity index (χ2n) is 10.5.